The molecule has 25 heavy (non-hydrogen) atoms. The summed E-state index contributed by atoms with van der Waals surface area (Å²) in [5.74, 6) is 0. The number of benzene rings is 2. The van der Waals surface area contributed by atoms with Crippen LogP contribution < -0.4 is 0 Å². The Morgan fingerprint density at radius 1 is 0.680 bits per heavy atom. The van der Waals surface area contributed by atoms with E-state index >= 15 is 0 Å². The highest BCUT2D eigenvalue weighted by molar-refractivity contribution is 8.19. The van der Waals surface area contributed by atoms with Crippen molar-refractivity contribution in [1.29, 1.82) is 0 Å². The summed E-state index contributed by atoms with van der Waals surface area (Å²) in [7, 11) is -13.0. The first-order chi connectivity index (χ1) is 11.2. The Labute approximate surface area is 147 Å². The summed E-state index contributed by atoms with van der Waals surface area (Å²) in [6.07, 6.45) is 0. The van der Waals surface area contributed by atoms with Crippen molar-refractivity contribution >= 4 is 30.8 Å². The number of sulfone groups is 1. The van der Waals surface area contributed by atoms with E-state index in [9.17, 15) is 35.0 Å². The van der Waals surface area contributed by atoms with Crippen molar-refractivity contribution in [2.45, 2.75) is 33.4 Å². The zero-order valence-corrected chi connectivity index (χ0v) is 15.6. The van der Waals surface area contributed by atoms with E-state index in [1.165, 1.54) is 32.0 Å². The second kappa shape index (κ2) is 6.36. The Kier molecular flexibility index (Phi) is 5.05. The maximum Gasteiger partial charge on any atom is 0.294 e. The van der Waals surface area contributed by atoms with Crippen LogP contribution in [0.2, 0.25) is 0 Å². The second-order valence-electron chi connectivity index (χ2n) is 5.35. The molecular weight excluding hydrogens is 392 g/mol. The third kappa shape index (κ3) is 4.03. The molecule has 0 radical (unpaired) electrons. The fourth-order valence-electron chi connectivity index (χ4n) is 2.20. The van der Waals surface area contributed by atoms with Gasteiger partial charge in [-0.1, -0.05) is 12.1 Å². The van der Waals surface area contributed by atoms with Crippen LogP contribution >= 0.6 is 10.9 Å². The molecule has 0 bridgehead atoms. The predicted octanol–water partition coefficient (Wildman–Crippen LogP) is 2.97. The van der Waals surface area contributed by atoms with Gasteiger partial charge in [0.05, 0.1) is 19.6 Å². The van der Waals surface area contributed by atoms with Crippen LogP contribution in [0.5, 0.6) is 0 Å². The summed E-state index contributed by atoms with van der Waals surface area (Å²) in [5.41, 5.74) is 0.430. The monoisotopic (exact) mass is 408 g/mol. The van der Waals surface area contributed by atoms with Crippen LogP contribution in [-0.2, 0) is 20.0 Å². The van der Waals surface area contributed by atoms with Crippen LogP contribution in [0, 0.1) is 13.8 Å². The van der Waals surface area contributed by atoms with Gasteiger partial charge in [-0.05, 0) is 49.2 Å². The molecule has 0 saturated heterocycles. The van der Waals surface area contributed by atoms with Gasteiger partial charge in [0.2, 0.25) is 9.84 Å². The maximum atomic E-state index is 12.7. The molecule has 2 aromatic rings. The van der Waals surface area contributed by atoms with Gasteiger partial charge in [-0.25, -0.2) is 8.42 Å². The topological polar surface area (TPSA) is 149 Å². The summed E-state index contributed by atoms with van der Waals surface area (Å²) in [5, 5.41) is 0. The standard InChI is InChI=1S/C14H16O8S3/c1-9-3-5-11(7-13(9)24(17,18)19)23(15,16)12-6-4-10(2)14(8-12)25(20,21)22/h3-8,17-19H,1-2H3,(H,20,21,22). The van der Waals surface area contributed by atoms with Gasteiger partial charge in [-0.15, -0.1) is 0 Å². The molecule has 2 aromatic carbocycles. The van der Waals surface area contributed by atoms with E-state index in [0.29, 0.717) is 0 Å². The fourth-order valence-corrected chi connectivity index (χ4v) is 5.20. The lowest BCUT2D eigenvalue weighted by atomic mass is 10.2. The van der Waals surface area contributed by atoms with Crippen LogP contribution in [0.3, 0.4) is 0 Å². The maximum absolute atomic E-state index is 12.7. The highest BCUT2D eigenvalue weighted by Gasteiger charge is 2.26. The SMILES string of the molecule is Cc1ccc(S(=O)(=O)c2ccc(C)c(S(=O)(=O)O)c2)cc1S(O)(O)O. The highest BCUT2D eigenvalue weighted by Crippen LogP contribution is 2.46. The molecular formula is C14H16O8S3. The molecule has 0 unspecified atom stereocenters. The van der Waals surface area contributed by atoms with Crippen LogP contribution in [0.15, 0.2) is 56.0 Å². The lowest BCUT2D eigenvalue weighted by molar-refractivity contribution is 0.375. The van der Waals surface area contributed by atoms with Gasteiger partial charge in [0.1, 0.15) is 10.9 Å². The molecule has 0 spiro atoms. The van der Waals surface area contributed by atoms with E-state index in [1.807, 2.05) is 0 Å². The van der Waals surface area contributed by atoms with E-state index in [4.69, 9.17) is 0 Å². The number of hydrogen-bond acceptors (Lipinski definition) is 7. The van der Waals surface area contributed by atoms with Gasteiger partial charge < -0.3 is 13.7 Å². The largest absolute Gasteiger partial charge is 0.304 e. The van der Waals surface area contributed by atoms with Gasteiger partial charge in [0.25, 0.3) is 10.1 Å². The van der Waals surface area contributed by atoms with Crippen molar-refractivity contribution in [1.82, 2.24) is 0 Å². The van der Waals surface area contributed by atoms with Crippen LogP contribution in [0.25, 0.3) is 0 Å². The van der Waals surface area contributed by atoms with Crippen LogP contribution in [0.1, 0.15) is 11.1 Å². The van der Waals surface area contributed by atoms with Crippen molar-refractivity contribution < 1.29 is 35.0 Å². The molecule has 0 aliphatic heterocycles. The minimum atomic E-state index is -4.62. The molecule has 0 atom stereocenters. The molecule has 0 aliphatic rings. The first-order valence-electron chi connectivity index (χ1n) is 6.69. The van der Waals surface area contributed by atoms with Crippen molar-refractivity contribution in [2.75, 3.05) is 0 Å². The molecule has 0 aromatic heterocycles. The lowest BCUT2D eigenvalue weighted by Gasteiger charge is -2.22. The first kappa shape index (κ1) is 19.8. The molecule has 4 N–H and O–H groups in total. The average molecular weight is 408 g/mol. The molecule has 0 saturated carbocycles. The van der Waals surface area contributed by atoms with Crippen molar-refractivity contribution in [3.05, 3.63) is 47.5 Å². The minimum absolute atomic E-state index is 0.163. The Morgan fingerprint density at radius 2 is 1.08 bits per heavy atom. The summed E-state index contributed by atoms with van der Waals surface area (Å²) in [4.78, 5) is -1.68. The van der Waals surface area contributed by atoms with E-state index in [-0.39, 0.29) is 20.9 Å². The quantitative estimate of drug-likeness (QED) is 0.564. The second-order valence-corrected chi connectivity index (χ2v) is 10.2. The Bertz CT molecular complexity index is 1030. The van der Waals surface area contributed by atoms with Crippen LogP contribution in [-0.4, -0.2) is 35.0 Å². The third-order valence-electron chi connectivity index (χ3n) is 3.51. The third-order valence-corrected chi connectivity index (χ3v) is 7.29. The zero-order valence-electron chi connectivity index (χ0n) is 13.1. The summed E-state index contributed by atoms with van der Waals surface area (Å²) in [6.45, 7) is 2.85. The smallest absolute Gasteiger partial charge is 0.294 e. The number of aryl methyl sites for hydroxylation is 2. The number of rotatable bonds is 4. The molecule has 0 aliphatic carbocycles. The molecule has 0 heterocycles. The molecule has 2 rings (SSSR count). The van der Waals surface area contributed by atoms with Gasteiger partial charge in [0, 0.05) is 0 Å². The van der Waals surface area contributed by atoms with Crippen molar-refractivity contribution in [2.24, 2.45) is 0 Å². The van der Waals surface area contributed by atoms with Gasteiger partial charge in [-0.2, -0.15) is 8.42 Å². The molecule has 0 fully saturated rings. The summed E-state index contributed by atoms with van der Waals surface area (Å²) >= 11 is 0. The number of hydrogen-bond donors (Lipinski definition) is 4. The fraction of sp³-hybridized carbons (Fsp3) is 0.143. The lowest BCUT2D eigenvalue weighted by Crippen LogP contribution is -2.08. The molecule has 8 nitrogen and oxygen atoms in total. The summed E-state index contributed by atoms with van der Waals surface area (Å²) in [6, 6.07) is 6.58. The first-order valence-corrected chi connectivity index (χ1v) is 11.1. The van der Waals surface area contributed by atoms with Gasteiger partial charge in [0.15, 0.2) is 0 Å². The van der Waals surface area contributed by atoms with Gasteiger partial charge >= 0.3 is 0 Å². The van der Waals surface area contributed by atoms with E-state index in [2.05, 4.69) is 0 Å². The Hall–Kier alpha value is -1.47. The predicted molar refractivity (Wildman–Crippen MR) is 91.4 cm³/mol. The van der Waals surface area contributed by atoms with E-state index in [0.717, 1.165) is 18.2 Å². The normalized spacial score (nSPS) is 13.7. The zero-order chi connectivity index (χ0) is 19.2. The summed E-state index contributed by atoms with van der Waals surface area (Å²) < 4.78 is 85.5. The Balaban J connectivity index is 2.69. The van der Waals surface area contributed by atoms with Crippen molar-refractivity contribution in [3.63, 3.8) is 0 Å². The Morgan fingerprint density at radius 3 is 1.48 bits per heavy atom. The van der Waals surface area contributed by atoms with Gasteiger partial charge in [-0.3, -0.25) is 4.55 Å². The highest BCUT2D eigenvalue weighted by atomic mass is 32.3. The van der Waals surface area contributed by atoms with E-state index in [1.54, 1.807) is 0 Å². The van der Waals surface area contributed by atoms with Crippen LogP contribution in [0.4, 0.5) is 0 Å². The average Bonchev–Trinajstić information content (AvgIpc) is 2.45. The van der Waals surface area contributed by atoms with E-state index < -0.39 is 40.6 Å². The molecule has 138 valence electrons. The minimum Gasteiger partial charge on any atom is -0.304 e. The molecule has 11 heteroatoms. The molecule has 0 amide bonds. The van der Waals surface area contributed by atoms with Crippen molar-refractivity contribution in [3.8, 4) is 0 Å².